The van der Waals surface area contributed by atoms with E-state index in [1.54, 1.807) is 0 Å². The van der Waals surface area contributed by atoms with E-state index in [0.29, 0.717) is 0 Å². The van der Waals surface area contributed by atoms with E-state index in [4.69, 9.17) is 0 Å². The van der Waals surface area contributed by atoms with Gasteiger partial charge in [0, 0.05) is 6.42 Å². The minimum Gasteiger partial charge on any atom is -0.357 e. The van der Waals surface area contributed by atoms with Crippen molar-refractivity contribution in [3.05, 3.63) is 0 Å². The van der Waals surface area contributed by atoms with Crippen LogP contribution in [0, 0.1) is 0 Å². The molecular formula is C15H34N2+2. The van der Waals surface area contributed by atoms with Crippen molar-refractivity contribution in [2.45, 2.75) is 70.6 Å². The summed E-state index contributed by atoms with van der Waals surface area (Å²) in [5.74, 6) is 0. The second-order valence-corrected chi connectivity index (χ2v) is 5.74. The molecule has 1 aliphatic heterocycles. The molecule has 0 atom stereocenters. The molecule has 1 heterocycles. The Morgan fingerprint density at radius 1 is 0.647 bits per heavy atom. The third-order valence-electron chi connectivity index (χ3n) is 4.09. The maximum atomic E-state index is 3.97. The third-order valence-corrected chi connectivity index (χ3v) is 4.09. The summed E-state index contributed by atoms with van der Waals surface area (Å²) in [5.41, 5.74) is 3.97. The number of hydrogen-bond acceptors (Lipinski definition) is 0. The van der Waals surface area contributed by atoms with Gasteiger partial charge in [0.15, 0.2) is 0 Å². The summed E-state index contributed by atoms with van der Waals surface area (Å²) in [7, 11) is 0. The lowest BCUT2D eigenvalue weighted by molar-refractivity contribution is -0.901. The lowest BCUT2D eigenvalue weighted by Gasteiger charge is -2.18. The van der Waals surface area contributed by atoms with E-state index in [1.165, 1.54) is 90.3 Å². The lowest BCUT2D eigenvalue weighted by Crippen LogP contribution is -3.12. The van der Waals surface area contributed by atoms with Crippen molar-refractivity contribution in [2.75, 3.05) is 26.2 Å². The monoisotopic (exact) mass is 242 g/mol. The van der Waals surface area contributed by atoms with Crippen molar-refractivity contribution in [1.29, 1.82) is 0 Å². The van der Waals surface area contributed by atoms with Crippen molar-refractivity contribution in [3.63, 3.8) is 0 Å². The van der Waals surface area contributed by atoms with E-state index in [0.717, 1.165) is 6.54 Å². The Hall–Kier alpha value is -0.0800. The summed E-state index contributed by atoms with van der Waals surface area (Å²) in [6.07, 6.45) is 16.0. The van der Waals surface area contributed by atoms with E-state index in [1.807, 2.05) is 4.90 Å². The smallest absolute Gasteiger partial charge is 0.0825 e. The minimum absolute atomic E-state index is 1.11. The predicted octanol–water partition coefficient (Wildman–Crippen LogP) is 1.42. The average molecular weight is 242 g/mol. The predicted molar refractivity (Wildman–Crippen MR) is 74.1 cm³/mol. The van der Waals surface area contributed by atoms with E-state index >= 15 is 0 Å². The lowest BCUT2D eigenvalue weighted by atomic mass is 10.1. The summed E-state index contributed by atoms with van der Waals surface area (Å²) in [4.78, 5) is 1.85. The molecule has 0 aromatic carbocycles. The molecule has 0 unspecified atom stereocenters. The highest BCUT2D eigenvalue weighted by Crippen LogP contribution is 2.10. The number of rotatable bonds is 3. The van der Waals surface area contributed by atoms with Crippen LogP contribution in [0.5, 0.6) is 0 Å². The van der Waals surface area contributed by atoms with Gasteiger partial charge in [-0.2, -0.15) is 0 Å². The van der Waals surface area contributed by atoms with Gasteiger partial charge in [-0.05, 0) is 25.7 Å². The fourth-order valence-electron chi connectivity index (χ4n) is 2.91. The van der Waals surface area contributed by atoms with Gasteiger partial charge in [-0.25, -0.2) is 0 Å². The Morgan fingerprint density at radius 3 is 1.47 bits per heavy atom. The second-order valence-electron chi connectivity index (χ2n) is 5.74. The van der Waals surface area contributed by atoms with Crippen molar-refractivity contribution in [1.82, 2.24) is 0 Å². The fourth-order valence-corrected chi connectivity index (χ4v) is 2.91. The Labute approximate surface area is 108 Å². The largest absolute Gasteiger partial charge is 0.357 e. The van der Waals surface area contributed by atoms with Crippen LogP contribution >= 0.6 is 0 Å². The first-order valence-corrected chi connectivity index (χ1v) is 8.06. The maximum Gasteiger partial charge on any atom is 0.0825 e. The van der Waals surface area contributed by atoms with E-state index < -0.39 is 0 Å². The second kappa shape index (κ2) is 11.0. The van der Waals surface area contributed by atoms with E-state index in [-0.39, 0.29) is 0 Å². The Kier molecular flexibility index (Phi) is 9.72. The molecule has 17 heavy (non-hydrogen) atoms. The molecule has 1 aliphatic rings. The standard InChI is InChI=1S/C15H32N2/c16-12-11-15-17-13-9-7-5-3-1-2-4-6-8-10-14-17/h1-16H2/p+2. The van der Waals surface area contributed by atoms with Crippen LogP contribution in [0.4, 0.5) is 0 Å². The van der Waals surface area contributed by atoms with Gasteiger partial charge in [0.05, 0.1) is 26.2 Å². The molecule has 0 aromatic rings. The minimum atomic E-state index is 1.11. The topological polar surface area (TPSA) is 32.1 Å². The molecule has 1 fully saturated rings. The quantitative estimate of drug-likeness (QED) is 0.750. The van der Waals surface area contributed by atoms with E-state index in [9.17, 15) is 0 Å². The zero-order valence-corrected chi connectivity index (χ0v) is 11.8. The van der Waals surface area contributed by atoms with Gasteiger partial charge in [0.2, 0.25) is 0 Å². The Morgan fingerprint density at radius 2 is 1.06 bits per heavy atom. The summed E-state index contributed by atoms with van der Waals surface area (Å²) in [6.45, 7) is 5.31. The zero-order chi connectivity index (χ0) is 12.2. The normalized spacial score (nSPS) is 22.4. The third kappa shape index (κ3) is 8.62. The van der Waals surface area contributed by atoms with Crippen LogP contribution in [0.3, 0.4) is 0 Å². The first-order valence-electron chi connectivity index (χ1n) is 8.06. The molecule has 4 N–H and O–H groups in total. The van der Waals surface area contributed by atoms with Gasteiger partial charge < -0.3 is 10.6 Å². The van der Waals surface area contributed by atoms with Crippen LogP contribution in [-0.2, 0) is 0 Å². The molecule has 0 aliphatic carbocycles. The summed E-state index contributed by atoms with van der Waals surface area (Å²) >= 11 is 0. The number of hydrogen-bond donors (Lipinski definition) is 2. The molecule has 1 rings (SSSR count). The molecule has 0 spiro atoms. The van der Waals surface area contributed by atoms with Crippen molar-refractivity contribution >= 4 is 0 Å². The van der Waals surface area contributed by atoms with Crippen LogP contribution in [-0.4, -0.2) is 26.2 Å². The molecule has 0 aromatic heterocycles. The van der Waals surface area contributed by atoms with Crippen LogP contribution in [0.1, 0.15) is 70.6 Å². The summed E-state index contributed by atoms with van der Waals surface area (Å²) in [5, 5.41) is 0. The first-order chi connectivity index (χ1) is 8.43. The highest BCUT2D eigenvalue weighted by atomic mass is 15.1. The van der Waals surface area contributed by atoms with Gasteiger partial charge >= 0.3 is 0 Å². The summed E-state index contributed by atoms with van der Waals surface area (Å²) in [6, 6.07) is 0. The molecule has 0 amide bonds. The Bertz CT molecular complexity index is 145. The van der Waals surface area contributed by atoms with Crippen LogP contribution in [0.25, 0.3) is 0 Å². The van der Waals surface area contributed by atoms with Gasteiger partial charge in [0.25, 0.3) is 0 Å². The van der Waals surface area contributed by atoms with Crippen molar-refractivity contribution < 1.29 is 10.6 Å². The van der Waals surface area contributed by atoms with Crippen LogP contribution < -0.4 is 10.6 Å². The summed E-state index contributed by atoms with van der Waals surface area (Å²) < 4.78 is 0. The molecule has 102 valence electrons. The molecule has 0 bridgehead atoms. The number of nitrogens with one attached hydrogen (secondary N) is 1. The van der Waals surface area contributed by atoms with Crippen molar-refractivity contribution in [2.24, 2.45) is 0 Å². The molecule has 2 nitrogen and oxygen atoms in total. The Balaban J connectivity index is 2.20. The first kappa shape index (κ1) is 15.0. The number of quaternary nitrogens is 2. The molecular weight excluding hydrogens is 208 g/mol. The molecule has 0 saturated carbocycles. The highest BCUT2D eigenvalue weighted by molar-refractivity contribution is 4.49. The van der Waals surface area contributed by atoms with Gasteiger partial charge in [-0.1, -0.05) is 38.5 Å². The van der Waals surface area contributed by atoms with Crippen LogP contribution in [0.2, 0.25) is 0 Å². The molecule has 2 heteroatoms. The molecule has 1 saturated heterocycles. The highest BCUT2D eigenvalue weighted by Gasteiger charge is 2.08. The van der Waals surface area contributed by atoms with E-state index in [2.05, 4.69) is 5.73 Å². The SMILES string of the molecule is [NH3+]CCC[NH+]1CCCCCCCCCCCC1. The van der Waals surface area contributed by atoms with Crippen molar-refractivity contribution in [3.8, 4) is 0 Å². The average Bonchev–Trinajstić information content (AvgIpc) is 2.37. The fraction of sp³-hybridized carbons (Fsp3) is 1.00. The molecule has 0 radical (unpaired) electrons. The maximum absolute atomic E-state index is 3.97. The van der Waals surface area contributed by atoms with Gasteiger partial charge in [-0.3, -0.25) is 0 Å². The van der Waals surface area contributed by atoms with Gasteiger partial charge in [0.1, 0.15) is 0 Å². The zero-order valence-electron chi connectivity index (χ0n) is 11.8. The van der Waals surface area contributed by atoms with Gasteiger partial charge in [-0.15, -0.1) is 0 Å². The van der Waals surface area contributed by atoms with Crippen LogP contribution in [0.15, 0.2) is 0 Å².